The Balaban J connectivity index is 2.63. The molecule has 0 aliphatic carbocycles. The highest BCUT2D eigenvalue weighted by Crippen LogP contribution is 2.22. The number of hydrogen-bond acceptors (Lipinski definition) is 5. The van der Waals surface area contributed by atoms with Crippen molar-refractivity contribution in [3.8, 4) is 0 Å². The van der Waals surface area contributed by atoms with E-state index in [1.807, 2.05) is 0 Å². The number of esters is 1. The van der Waals surface area contributed by atoms with E-state index >= 15 is 0 Å². The Morgan fingerprint density at radius 3 is 2.82 bits per heavy atom. The van der Waals surface area contributed by atoms with E-state index in [4.69, 9.17) is 9.15 Å². The molecule has 22 heavy (non-hydrogen) atoms. The highest BCUT2D eigenvalue weighted by Gasteiger charge is 2.22. The van der Waals surface area contributed by atoms with Gasteiger partial charge in [0.15, 0.2) is 5.58 Å². The first-order chi connectivity index (χ1) is 10.5. The molecular formula is C16H13NO5. The van der Waals surface area contributed by atoms with E-state index in [1.54, 1.807) is 38.2 Å². The minimum atomic E-state index is -0.634. The number of carbonyl (C=O) groups excluding carboxylic acids is 1. The van der Waals surface area contributed by atoms with E-state index < -0.39 is 11.6 Å². The van der Waals surface area contributed by atoms with Gasteiger partial charge in [0.05, 0.1) is 17.5 Å². The van der Waals surface area contributed by atoms with Crippen LogP contribution in [0.2, 0.25) is 0 Å². The molecule has 0 saturated carbocycles. The quantitative estimate of drug-likeness (QED) is 0.533. The highest BCUT2D eigenvalue weighted by atomic mass is 16.5. The molecule has 3 heterocycles. The second-order valence-electron chi connectivity index (χ2n) is 4.81. The van der Waals surface area contributed by atoms with Crippen LogP contribution in [-0.4, -0.2) is 17.0 Å². The van der Waals surface area contributed by atoms with E-state index in [0.29, 0.717) is 11.1 Å². The van der Waals surface area contributed by atoms with Crippen molar-refractivity contribution >= 4 is 22.5 Å². The lowest BCUT2D eigenvalue weighted by Crippen LogP contribution is -2.20. The van der Waals surface area contributed by atoms with Gasteiger partial charge in [-0.1, -0.05) is 6.07 Å². The summed E-state index contributed by atoms with van der Waals surface area (Å²) in [5.74, 6) is -0.634. The van der Waals surface area contributed by atoms with Gasteiger partial charge in [0, 0.05) is 12.3 Å². The fourth-order valence-electron chi connectivity index (χ4n) is 2.51. The van der Waals surface area contributed by atoms with Crippen LogP contribution in [0.1, 0.15) is 22.8 Å². The second kappa shape index (κ2) is 5.14. The summed E-state index contributed by atoms with van der Waals surface area (Å²) in [7, 11) is 0. The van der Waals surface area contributed by atoms with Gasteiger partial charge in [0.25, 0.3) is 5.56 Å². The Hall–Kier alpha value is -2.89. The number of aryl methyl sites for hydroxylation is 1. The maximum atomic E-state index is 12.6. The summed E-state index contributed by atoms with van der Waals surface area (Å²) in [6, 6.07) is 6.21. The zero-order valence-electron chi connectivity index (χ0n) is 12.1. The first-order valence-corrected chi connectivity index (χ1v) is 6.79. The molecule has 3 aromatic heterocycles. The third-order valence-electron chi connectivity index (χ3n) is 3.41. The average Bonchev–Trinajstić information content (AvgIpc) is 2.47. The number of nitrogens with zero attached hydrogens (tertiary/aromatic N) is 1. The van der Waals surface area contributed by atoms with Crippen LogP contribution >= 0.6 is 0 Å². The normalized spacial score (nSPS) is 11.0. The van der Waals surface area contributed by atoms with Gasteiger partial charge in [0.2, 0.25) is 0 Å². The predicted octanol–water partition coefficient (Wildman–Crippen LogP) is 1.89. The summed E-state index contributed by atoms with van der Waals surface area (Å²) in [5.41, 5.74) is -0.111. The lowest BCUT2D eigenvalue weighted by atomic mass is 10.1. The van der Waals surface area contributed by atoms with Crippen LogP contribution < -0.4 is 11.2 Å². The molecule has 0 fully saturated rings. The zero-order valence-corrected chi connectivity index (χ0v) is 12.1. The molecule has 0 amide bonds. The molecule has 0 aromatic carbocycles. The van der Waals surface area contributed by atoms with Crippen LogP contribution in [0.3, 0.4) is 0 Å². The first kappa shape index (κ1) is 14.1. The van der Waals surface area contributed by atoms with E-state index in [9.17, 15) is 14.4 Å². The molecule has 0 bridgehead atoms. The number of pyridine rings is 2. The monoisotopic (exact) mass is 299 g/mol. The molecule has 0 spiro atoms. The van der Waals surface area contributed by atoms with Gasteiger partial charge in [0.1, 0.15) is 5.56 Å². The van der Waals surface area contributed by atoms with Crippen LogP contribution in [0, 0.1) is 6.92 Å². The van der Waals surface area contributed by atoms with E-state index in [0.717, 1.165) is 0 Å². The lowest BCUT2D eigenvalue weighted by molar-refractivity contribution is 0.0529. The Labute approximate surface area is 124 Å². The molecule has 6 nitrogen and oxygen atoms in total. The Kier molecular flexibility index (Phi) is 3.29. The Morgan fingerprint density at radius 2 is 2.09 bits per heavy atom. The Bertz CT molecular complexity index is 1010. The molecular weight excluding hydrogens is 286 g/mol. The van der Waals surface area contributed by atoms with Gasteiger partial charge in [-0.15, -0.1) is 0 Å². The molecule has 0 atom stereocenters. The van der Waals surface area contributed by atoms with Crippen molar-refractivity contribution in [3.05, 3.63) is 62.4 Å². The van der Waals surface area contributed by atoms with E-state index in [1.165, 1.54) is 10.5 Å². The standard InChI is InChI=1S/C16H13NO5/c1-3-21-16(20)13-10-6-4-5-7-17(10)15(19)12-9(2)8-11(18)22-14(12)13/h4-8H,3H2,1-2H3. The summed E-state index contributed by atoms with van der Waals surface area (Å²) in [6.07, 6.45) is 1.56. The van der Waals surface area contributed by atoms with Gasteiger partial charge in [-0.2, -0.15) is 0 Å². The fourth-order valence-corrected chi connectivity index (χ4v) is 2.51. The van der Waals surface area contributed by atoms with E-state index in [2.05, 4.69) is 0 Å². The molecule has 0 aliphatic heterocycles. The highest BCUT2D eigenvalue weighted by molar-refractivity contribution is 6.08. The van der Waals surface area contributed by atoms with Crippen molar-refractivity contribution in [2.24, 2.45) is 0 Å². The number of carbonyl (C=O) groups is 1. The maximum absolute atomic E-state index is 12.6. The van der Waals surface area contributed by atoms with Gasteiger partial charge in [-0.25, -0.2) is 9.59 Å². The Morgan fingerprint density at radius 1 is 1.32 bits per heavy atom. The second-order valence-corrected chi connectivity index (χ2v) is 4.81. The number of aromatic nitrogens is 1. The fraction of sp³-hybridized carbons (Fsp3) is 0.188. The van der Waals surface area contributed by atoms with Gasteiger partial charge < -0.3 is 9.15 Å². The molecule has 0 unspecified atom stereocenters. The van der Waals surface area contributed by atoms with Crippen molar-refractivity contribution in [3.63, 3.8) is 0 Å². The number of hydrogen-bond donors (Lipinski definition) is 0. The molecule has 6 heteroatoms. The maximum Gasteiger partial charge on any atom is 0.344 e. The number of ether oxygens (including phenoxy) is 1. The summed E-state index contributed by atoms with van der Waals surface area (Å²) in [5, 5.41) is 0.200. The van der Waals surface area contributed by atoms with Crippen molar-refractivity contribution in [1.29, 1.82) is 0 Å². The van der Waals surface area contributed by atoms with Crippen LogP contribution in [0.15, 0.2) is 44.5 Å². The molecule has 112 valence electrons. The van der Waals surface area contributed by atoms with Gasteiger partial charge in [-0.3, -0.25) is 9.20 Å². The number of fused-ring (bicyclic) bond motifs is 2. The van der Waals surface area contributed by atoms with Crippen LogP contribution in [0.4, 0.5) is 0 Å². The van der Waals surface area contributed by atoms with Crippen LogP contribution in [-0.2, 0) is 4.74 Å². The minimum Gasteiger partial charge on any atom is -0.462 e. The third-order valence-corrected chi connectivity index (χ3v) is 3.41. The SMILES string of the molecule is CCOC(=O)c1c2oc(=O)cc(C)c2c(=O)n2ccccc12. The van der Waals surface area contributed by atoms with Crippen LogP contribution in [0.25, 0.3) is 16.5 Å². The topological polar surface area (TPSA) is 78.0 Å². The third kappa shape index (κ3) is 2.00. The average molecular weight is 299 g/mol. The first-order valence-electron chi connectivity index (χ1n) is 6.79. The smallest absolute Gasteiger partial charge is 0.344 e. The van der Waals surface area contributed by atoms with E-state index in [-0.39, 0.29) is 28.7 Å². The largest absolute Gasteiger partial charge is 0.462 e. The van der Waals surface area contributed by atoms with Gasteiger partial charge in [-0.05, 0) is 31.5 Å². The molecule has 0 aliphatic rings. The molecule has 3 aromatic rings. The van der Waals surface area contributed by atoms with Gasteiger partial charge >= 0.3 is 11.6 Å². The molecule has 0 saturated heterocycles. The predicted molar refractivity (Wildman–Crippen MR) is 80.4 cm³/mol. The summed E-state index contributed by atoms with van der Waals surface area (Å²) >= 11 is 0. The summed E-state index contributed by atoms with van der Waals surface area (Å²) < 4.78 is 11.6. The molecule has 0 N–H and O–H groups in total. The summed E-state index contributed by atoms with van der Waals surface area (Å²) in [6.45, 7) is 3.48. The zero-order chi connectivity index (χ0) is 15.9. The lowest BCUT2D eigenvalue weighted by Gasteiger charge is -2.10. The molecule has 3 rings (SSSR count). The molecule has 0 radical (unpaired) electrons. The van der Waals surface area contributed by atoms with Crippen molar-refractivity contribution in [1.82, 2.24) is 4.40 Å². The van der Waals surface area contributed by atoms with Crippen LogP contribution in [0.5, 0.6) is 0 Å². The minimum absolute atomic E-state index is 0.0281. The van der Waals surface area contributed by atoms with Crippen molar-refractivity contribution in [2.45, 2.75) is 13.8 Å². The summed E-state index contributed by atoms with van der Waals surface area (Å²) in [4.78, 5) is 36.6. The van der Waals surface area contributed by atoms with Crippen molar-refractivity contribution in [2.75, 3.05) is 6.61 Å². The number of rotatable bonds is 2. The van der Waals surface area contributed by atoms with Crippen molar-refractivity contribution < 1.29 is 13.9 Å².